The molecule has 3 rings (SSSR count). The number of fused-ring (bicyclic) bond motifs is 1. The van der Waals surface area contributed by atoms with Gasteiger partial charge in [-0.2, -0.15) is 0 Å². The maximum Gasteiger partial charge on any atom is 0.327 e. The predicted octanol–water partition coefficient (Wildman–Crippen LogP) is 0.558. The van der Waals surface area contributed by atoms with Gasteiger partial charge in [0.1, 0.15) is 17.5 Å². The van der Waals surface area contributed by atoms with Gasteiger partial charge in [0.05, 0.1) is 4.88 Å². The average Bonchev–Trinajstić information content (AvgIpc) is 3.10. The number of nitrogens with zero attached hydrogens (tertiary/aromatic N) is 2. The van der Waals surface area contributed by atoms with Crippen LogP contribution in [0.25, 0.3) is 0 Å². The van der Waals surface area contributed by atoms with E-state index in [1.165, 1.54) is 28.0 Å². The van der Waals surface area contributed by atoms with Crippen LogP contribution in [0.15, 0.2) is 22.7 Å². The molecule has 0 aliphatic carbocycles. The van der Waals surface area contributed by atoms with Crippen LogP contribution in [-0.4, -0.2) is 60.9 Å². The number of carbonyl (C=O) groups is 3. The third-order valence-electron chi connectivity index (χ3n) is 4.03. The number of amides is 2. The van der Waals surface area contributed by atoms with E-state index < -0.39 is 40.0 Å². The third-order valence-corrected chi connectivity index (χ3v) is 6.48. The average molecular weight is 369 g/mol. The van der Waals surface area contributed by atoms with Crippen molar-refractivity contribution in [1.82, 2.24) is 10.2 Å². The van der Waals surface area contributed by atoms with E-state index >= 15 is 0 Å². The number of thiophene rings is 1. The van der Waals surface area contributed by atoms with E-state index in [1.54, 1.807) is 31.4 Å². The third kappa shape index (κ3) is 2.46. The number of rotatable bonds is 4. The second kappa shape index (κ2) is 5.78. The van der Waals surface area contributed by atoms with Gasteiger partial charge < -0.3 is 20.5 Å². The number of carboxylic acids is 1. The molecule has 0 saturated carbocycles. The van der Waals surface area contributed by atoms with Crippen molar-refractivity contribution in [3.05, 3.63) is 22.4 Å². The largest absolute Gasteiger partial charge is 0.480 e. The van der Waals surface area contributed by atoms with Crippen LogP contribution in [-0.2, 0) is 14.4 Å². The summed E-state index contributed by atoms with van der Waals surface area (Å²) in [5, 5.41) is 25.3. The Kier molecular flexibility index (Phi) is 4.04. The molecule has 0 bridgehead atoms. The van der Waals surface area contributed by atoms with E-state index in [9.17, 15) is 19.5 Å². The highest BCUT2D eigenvalue weighted by atomic mass is 32.2. The zero-order valence-electron chi connectivity index (χ0n) is 12.8. The van der Waals surface area contributed by atoms with Crippen molar-refractivity contribution in [1.29, 1.82) is 0 Å². The summed E-state index contributed by atoms with van der Waals surface area (Å²) in [7, 11) is 0. The summed E-state index contributed by atoms with van der Waals surface area (Å²) >= 11 is 2.57. The van der Waals surface area contributed by atoms with Crippen molar-refractivity contribution < 1.29 is 24.7 Å². The Balaban J connectivity index is 1.76. The number of carboxylic acid groups (broad SMARTS) is 1. The first-order valence-corrected chi connectivity index (χ1v) is 8.83. The quantitative estimate of drug-likeness (QED) is 0.309. The SMILES string of the molecule is CC1(C)S[C@@H]2[C@H](NC(=O)C(=NO)c3cccs3)C(=O)N2[C@H]1C(=O)O. The van der Waals surface area contributed by atoms with Gasteiger partial charge in [0.25, 0.3) is 5.91 Å². The van der Waals surface area contributed by atoms with Gasteiger partial charge >= 0.3 is 5.97 Å². The molecule has 3 atom stereocenters. The summed E-state index contributed by atoms with van der Waals surface area (Å²) in [6.07, 6.45) is 0. The molecule has 2 aliphatic rings. The van der Waals surface area contributed by atoms with Crippen molar-refractivity contribution >= 4 is 46.6 Å². The second-order valence-corrected chi connectivity index (χ2v) is 8.69. The van der Waals surface area contributed by atoms with Gasteiger partial charge in [-0.15, -0.1) is 23.1 Å². The Morgan fingerprint density at radius 3 is 2.67 bits per heavy atom. The molecule has 2 fully saturated rings. The van der Waals surface area contributed by atoms with Crippen molar-refractivity contribution in [3.8, 4) is 0 Å². The Labute approximate surface area is 145 Å². The number of hydrogen-bond donors (Lipinski definition) is 3. The Bertz CT molecular complexity index is 731. The van der Waals surface area contributed by atoms with Gasteiger partial charge in [0.2, 0.25) is 5.91 Å². The number of hydrogen-bond acceptors (Lipinski definition) is 7. The first-order valence-electron chi connectivity index (χ1n) is 7.07. The number of β-lactam (4-membered cyclic amide) rings is 1. The number of nitrogens with one attached hydrogen (secondary N) is 1. The number of carbonyl (C=O) groups excluding carboxylic acids is 2. The highest BCUT2D eigenvalue weighted by molar-refractivity contribution is 8.01. The number of oxime groups is 1. The van der Waals surface area contributed by atoms with Gasteiger partial charge in [0.15, 0.2) is 5.71 Å². The molecule has 8 nitrogen and oxygen atoms in total. The zero-order valence-corrected chi connectivity index (χ0v) is 14.4. The molecule has 3 N–H and O–H groups in total. The molecule has 2 amide bonds. The summed E-state index contributed by atoms with van der Waals surface area (Å²) in [4.78, 5) is 37.8. The molecule has 24 heavy (non-hydrogen) atoms. The highest BCUT2D eigenvalue weighted by Gasteiger charge is 2.64. The Morgan fingerprint density at radius 1 is 1.42 bits per heavy atom. The summed E-state index contributed by atoms with van der Waals surface area (Å²) in [5.74, 6) is -2.18. The van der Waals surface area contributed by atoms with Crippen LogP contribution < -0.4 is 5.32 Å². The van der Waals surface area contributed by atoms with Gasteiger partial charge in [-0.05, 0) is 25.3 Å². The summed E-state index contributed by atoms with van der Waals surface area (Å²) in [6.45, 7) is 3.51. The lowest BCUT2D eigenvalue weighted by Crippen LogP contribution is -2.71. The van der Waals surface area contributed by atoms with Crippen LogP contribution in [0.5, 0.6) is 0 Å². The first-order chi connectivity index (χ1) is 11.3. The maximum absolute atomic E-state index is 12.3. The smallest absolute Gasteiger partial charge is 0.327 e. The molecule has 1 aromatic rings. The van der Waals surface area contributed by atoms with Crippen LogP contribution in [0.4, 0.5) is 0 Å². The van der Waals surface area contributed by atoms with E-state index in [2.05, 4.69) is 10.5 Å². The van der Waals surface area contributed by atoms with Crippen LogP contribution in [0.1, 0.15) is 18.7 Å². The van der Waals surface area contributed by atoms with Crippen LogP contribution in [0, 0.1) is 0 Å². The van der Waals surface area contributed by atoms with E-state index in [-0.39, 0.29) is 5.71 Å². The van der Waals surface area contributed by atoms with Gasteiger partial charge in [-0.25, -0.2) is 4.79 Å². The van der Waals surface area contributed by atoms with E-state index in [0.717, 1.165) is 0 Å². The minimum Gasteiger partial charge on any atom is -0.480 e. The van der Waals surface area contributed by atoms with Crippen LogP contribution >= 0.6 is 23.1 Å². The van der Waals surface area contributed by atoms with E-state index in [4.69, 9.17) is 5.21 Å². The van der Waals surface area contributed by atoms with Crippen molar-refractivity contribution in [3.63, 3.8) is 0 Å². The number of aliphatic carboxylic acids is 1. The van der Waals surface area contributed by atoms with Gasteiger partial charge in [-0.1, -0.05) is 11.2 Å². The Hall–Kier alpha value is -2.07. The monoisotopic (exact) mass is 369 g/mol. The molecule has 128 valence electrons. The summed E-state index contributed by atoms with van der Waals surface area (Å²) in [5.41, 5.74) is -0.173. The van der Waals surface area contributed by atoms with E-state index in [0.29, 0.717) is 4.88 Å². The fourth-order valence-corrected chi connectivity index (χ4v) is 5.31. The first kappa shape index (κ1) is 16.8. The molecular formula is C14H15N3O5S2. The predicted molar refractivity (Wildman–Crippen MR) is 88.3 cm³/mol. The topological polar surface area (TPSA) is 119 Å². The van der Waals surface area contributed by atoms with Crippen LogP contribution in [0.3, 0.4) is 0 Å². The molecule has 2 aliphatic heterocycles. The maximum atomic E-state index is 12.3. The molecular weight excluding hydrogens is 354 g/mol. The second-order valence-electron chi connectivity index (χ2n) is 5.98. The Morgan fingerprint density at radius 2 is 2.12 bits per heavy atom. The molecule has 0 aromatic carbocycles. The van der Waals surface area contributed by atoms with Gasteiger partial charge in [0, 0.05) is 4.75 Å². The minimum atomic E-state index is -1.07. The fourth-order valence-electron chi connectivity index (χ4n) is 2.97. The minimum absolute atomic E-state index is 0.173. The standard InChI is InChI=1S/C14H15N3O5S2/c1-14(2)9(13(20)21)17-11(19)8(12(17)24-14)15-10(18)7(16-22)6-4-3-5-23-6/h3-5,8-9,12,22H,1-2H3,(H,15,18)(H,20,21)/t8-,9+,12-/m1/s1. The normalized spacial score (nSPS) is 28.2. The lowest BCUT2D eigenvalue weighted by Gasteiger charge is -2.43. The molecule has 10 heteroatoms. The lowest BCUT2D eigenvalue weighted by molar-refractivity contribution is -0.160. The highest BCUT2D eigenvalue weighted by Crippen LogP contribution is 2.50. The summed E-state index contributed by atoms with van der Waals surface area (Å²) in [6, 6.07) is 1.57. The van der Waals surface area contributed by atoms with Crippen LogP contribution in [0.2, 0.25) is 0 Å². The molecule has 0 radical (unpaired) electrons. The molecule has 0 spiro atoms. The van der Waals surface area contributed by atoms with Crippen molar-refractivity contribution in [2.45, 2.75) is 36.1 Å². The zero-order chi connectivity index (χ0) is 17.6. The van der Waals surface area contributed by atoms with E-state index in [1.807, 2.05) is 0 Å². The van der Waals surface area contributed by atoms with Gasteiger partial charge in [-0.3, -0.25) is 9.59 Å². The lowest BCUT2D eigenvalue weighted by atomic mass is 9.96. The molecule has 1 aromatic heterocycles. The van der Waals surface area contributed by atoms with Crippen molar-refractivity contribution in [2.24, 2.45) is 5.16 Å². The molecule has 2 saturated heterocycles. The fraction of sp³-hybridized carbons (Fsp3) is 0.429. The molecule has 0 unspecified atom stereocenters. The van der Waals surface area contributed by atoms with Crippen molar-refractivity contribution in [2.75, 3.05) is 0 Å². The number of thioether (sulfide) groups is 1. The summed E-state index contributed by atoms with van der Waals surface area (Å²) < 4.78 is -0.659. The molecule has 3 heterocycles.